The van der Waals surface area contributed by atoms with Crippen molar-refractivity contribution in [3.05, 3.63) is 29.6 Å². The van der Waals surface area contributed by atoms with Gasteiger partial charge in [-0.05, 0) is 25.0 Å². The Bertz CT molecular complexity index is 374. The van der Waals surface area contributed by atoms with Crippen LogP contribution >= 0.6 is 0 Å². The monoisotopic (exact) mass is 193 g/mol. The molecule has 1 heterocycles. The van der Waals surface area contributed by atoms with E-state index in [9.17, 15) is 4.39 Å². The zero-order valence-corrected chi connectivity index (χ0v) is 8.09. The molecule has 1 aromatic carbocycles. The van der Waals surface area contributed by atoms with E-state index in [0.29, 0.717) is 11.3 Å². The minimum Gasteiger partial charge on any atom is -0.496 e. The normalized spacial score (nSPS) is 15.4. The molecule has 1 aliphatic heterocycles. The molecule has 0 aromatic heterocycles. The lowest BCUT2D eigenvalue weighted by atomic mass is 10.1. The number of hydrogen-bond acceptors (Lipinski definition) is 2. The molecule has 0 fully saturated rings. The molecular weight excluding hydrogens is 181 g/mol. The Morgan fingerprint density at radius 3 is 2.93 bits per heavy atom. The fourth-order valence-electron chi connectivity index (χ4n) is 1.70. The third-order valence-corrected chi connectivity index (χ3v) is 2.36. The molecule has 14 heavy (non-hydrogen) atoms. The SMILES string of the molecule is COc1cccc(F)c1C1=NCCC1. The highest BCUT2D eigenvalue weighted by Gasteiger charge is 2.17. The van der Waals surface area contributed by atoms with Gasteiger partial charge in [0.1, 0.15) is 11.6 Å². The van der Waals surface area contributed by atoms with Crippen LogP contribution in [-0.2, 0) is 0 Å². The topological polar surface area (TPSA) is 21.6 Å². The van der Waals surface area contributed by atoms with Gasteiger partial charge in [-0.25, -0.2) is 4.39 Å². The summed E-state index contributed by atoms with van der Waals surface area (Å²) in [5.41, 5.74) is 1.37. The average Bonchev–Trinajstić information content (AvgIpc) is 2.70. The van der Waals surface area contributed by atoms with Crippen molar-refractivity contribution in [1.82, 2.24) is 0 Å². The minimum atomic E-state index is -0.245. The van der Waals surface area contributed by atoms with E-state index >= 15 is 0 Å². The summed E-state index contributed by atoms with van der Waals surface area (Å²) in [5, 5.41) is 0. The van der Waals surface area contributed by atoms with Crippen LogP contribution < -0.4 is 4.74 Å². The first kappa shape index (κ1) is 9.19. The van der Waals surface area contributed by atoms with Crippen molar-refractivity contribution in [2.45, 2.75) is 12.8 Å². The fourth-order valence-corrected chi connectivity index (χ4v) is 1.70. The number of aliphatic imine (C=N–C) groups is 1. The highest BCUT2D eigenvalue weighted by Crippen LogP contribution is 2.25. The Balaban J connectivity index is 2.48. The van der Waals surface area contributed by atoms with Gasteiger partial charge < -0.3 is 4.74 Å². The summed E-state index contributed by atoms with van der Waals surface area (Å²) < 4.78 is 18.6. The molecular formula is C11H12FNO. The van der Waals surface area contributed by atoms with E-state index in [1.165, 1.54) is 6.07 Å². The van der Waals surface area contributed by atoms with Gasteiger partial charge in [-0.1, -0.05) is 6.07 Å². The molecule has 74 valence electrons. The van der Waals surface area contributed by atoms with E-state index in [1.807, 2.05) is 0 Å². The third kappa shape index (κ3) is 1.50. The maximum Gasteiger partial charge on any atom is 0.135 e. The van der Waals surface area contributed by atoms with Gasteiger partial charge in [0.25, 0.3) is 0 Å². The first-order chi connectivity index (χ1) is 6.83. The van der Waals surface area contributed by atoms with Crippen LogP contribution in [-0.4, -0.2) is 19.4 Å². The van der Waals surface area contributed by atoms with Gasteiger partial charge >= 0.3 is 0 Å². The lowest BCUT2D eigenvalue weighted by molar-refractivity contribution is 0.410. The summed E-state index contributed by atoms with van der Waals surface area (Å²) in [6.07, 6.45) is 1.85. The molecule has 0 atom stereocenters. The number of ether oxygens (including phenoxy) is 1. The smallest absolute Gasteiger partial charge is 0.135 e. The zero-order chi connectivity index (χ0) is 9.97. The molecule has 3 heteroatoms. The van der Waals surface area contributed by atoms with Crippen LogP contribution in [0.2, 0.25) is 0 Å². The predicted molar refractivity (Wildman–Crippen MR) is 53.6 cm³/mol. The van der Waals surface area contributed by atoms with Gasteiger partial charge in [-0.2, -0.15) is 0 Å². The molecule has 0 N–H and O–H groups in total. The van der Waals surface area contributed by atoms with Crippen molar-refractivity contribution < 1.29 is 9.13 Å². The second-order valence-electron chi connectivity index (χ2n) is 3.25. The highest BCUT2D eigenvalue weighted by atomic mass is 19.1. The average molecular weight is 193 g/mol. The largest absolute Gasteiger partial charge is 0.496 e. The van der Waals surface area contributed by atoms with E-state index in [-0.39, 0.29) is 5.82 Å². The lowest BCUT2D eigenvalue weighted by Gasteiger charge is -2.08. The maximum absolute atomic E-state index is 13.5. The van der Waals surface area contributed by atoms with E-state index in [0.717, 1.165) is 25.1 Å². The summed E-state index contributed by atoms with van der Waals surface area (Å²) in [7, 11) is 1.55. The summed E-state index contributed by atoms with van der Waals surface area (Å²) in [6, 6.07) is 4.85. The van der Waals surface area contributed by atoms with Crippen molar-refractivity contribution in [3.63, 3.8) is 0 Å². The van der Waals surface area contributed by atoms with Crippen LogP contribution in [0.15, 0.2) is 23.2 Å². The Kier molecular flexibility index (Phi) is 2.48. The number of hydrogen-bond donors (Lipinski definition) is 0. The zero-order valence-electron chi connectivity index (χ0n) is 8.09. The Morgan fingerprint density at radius 2 is 2.29 bits per heavy atom. The maximum atomic E-state index is 13.5. The second kappa shape index (κ2) is 3.78. The first-order valence-corrected chi connectivity index (χ1v) is 4.69. The van der Waals surface area contributed by atoms with Crippen molar-refractivity contribution >= 4 is 5.71 Å². The van der Waals surface area contributed by atoms with Gasteiger partial charge in [0.15, 0.2) is 0 Å². The summed E-state index contributed by atoms with van der Waals surface area (Å²) in [6.45, 7) is 0.798. The highest BCUT2D eigenvalue weighted by molar-refractivity contribution is 6.03. The second-order valence-corrected chi connectivity index (χ2v) is 3.25. The van der Waals surface area contributed by atoms with Crippen LogP contribution in [0, 0.1) is 5.82 Å². The Morgan fingerprint density at radius 1 is 1.43 bits per heavy atom. The van der Waals surface area contributed by atoms with Crippen LogP contribution in [0.1, 0.15) is 18.4 Å². The third-order valence-electron chi connectivity index (χ3n) is 2.36. The molecule has 0 aliphatic carbocycles. The number of methoxy groups -OCH3 is 1. The standard InChI is InChI=1S/C11H12FNO/c1-14-10-6-2-4-8(12)11(10)9-5-3-7-13-9/h2,4,6H,3,5,7H2,1H3. The molecule has 0 bridgehead atoms. The van der Waals surface area contributed by atoms with Crippen LogP contribution in [0.4, 0.5) is 4.39 Å². The van der Waals surface area contributed by atoms with E-state index < -0.39 is 0 Å². The Hall–Kier alpha value is -1.38. The van der Waals surface area contributed by atoms with Gasteiger partial charge in [0.2, 0.25) is 0 Å². The lowest BCUT2D eigenvalue weighted by Crippen LogP contribution is -2.03. The number of benzene rings is 1. The van der Waals surface area contributed by atoms with Crippen LogP contribution in [0.3, 0.4) is 0 Å². The first-order valence-electron chi connectivity index (χ1n) is 4.69. The molecule has 0 saturated carbocycles. The van der Waals surface area contributed by atoms with E-state index in [1.54, 1.807) is 19.2 Å². The molecule has 1 aliphatic rings. The van der Waals surface area contributed by atoms with Crippen LogP contribution in [0.25, 0.3) is 0 Å². The molecule has 0 unspecified atom stereocenters. The van der Waals surface area contributed by atoms with Crippen molar-refractivity contribution in [3.8, 4) is 5.75 Å². The quantitative estimate of drug-likeness (QED) is 0.706. The Labute approximate surface area is 82.4 Å². The summed E-state index contributed by atoms with van der Waals surface area (Å²) >= 11 is 0. The number of halogens is 1. The summed E-state index contributed by atoms with van der Waals surface area (Å²) in [4.78, 5) is 4.27. The van der Waals surface area contributed by atoms with Gasteiger partial charge in [0.05, 0.1) is 12.7 Å². The van der Waals surface area contributed by atoms with Crippen molar-refractivity contribution in [2.24, 2.45) is 4.99 Å². The number of rotatable bonds is 2. The van der Waals surface area contributed by atoms with Crippen LogP contribution in [0.5, 0.6) is 5.75 Å². The predicted octanol–water partition coefficient (Wildman–Crippen LogP) is 2.42. The molecule has 0 radical (unpaired) electrons. The van der Waals surface area contributed by atoms with Crippen molar-refractivity contribution in [1.29, 1.82) is 0 Å². The fraction of sp³-hybridized carbons (Fsp3) is 0.364. The van der Waals surface area contributed by atoms with Crippen molar-refractivity contribution in [2.75, 3.05) is 13.7 Å². The molecule has 1 aromatic rings. The van der Waals surface area contributed by atoms with E-state index in [2.05, 4.69) is 4.99 Å². The molecule has 2 rings (SSSR count). The number of nitrogens with zero attached hydrogens (tertiary/aromatic N) is 1. The molecule has 0 amide bonds. The summed E-state index contributed by atoms with van der Waals surface area (Å²) in [5.74, 6) is 0.329. The van der Waals surface area contributed by atoms with Gasteiger partial charge in [0, 0.05) is 12.3 Å². The molecule has 2 nitrogen and oxygen atoms in total. The minimum absolute atomic E-state index is 0.245. The van der Waals surface area contributed by atoms with Gasteiger partial charge in [-0.15, -0.1) is 0 Å². The molecule has 0 saturated heterocycles. The molecule has 0 spiro atoms. The van der Waals surface area contributed by atoms with E-state index in [4.69, 9.17) is 4.74 Å². The van der Waals surface area contributed by atoms with Gasteiger partial charge in [-0.3, -0.25) is 4.99 Å².